The van der Waals surface area contributed by atoms with Crippen LogP contribution in [-0.4, -0.2) is 31.8 Å². The topological polar surface area (TPSA) is 89.7 Å². The summed E-state index contributed by atoms with van der Waals surface area (Å²) >= 11 is 0. The number of rotatable bonds is 4. The molecule has 2 heterocycles. The molecule has 1 aliphatic heterocycles. The van der Waals surface area contributed by atoms with Gasteiger partial charge in [-0.3, -0.25) is 4.31 Å². The predicted molar refractivity (Wildman–Crippen MR) is 82.6 cm³/mol. The molecule has 0 saturated carbocycles. The number of hydrogen-bond donors (Lipinski definition) is 0. The second-order valence-electron chi connectivity index (χ2n) is 5.30. The SMILES string of the molecule is Cc1cc(COC(=O)c2ccc(N3CCCS3(=O)=O)cc2)on1. The predicted octanol–water partition coefficient (Wildman–Crippen LogP) is 1.88. The van der Waals surface area contributed by atoms with E-state index in [4.69, 9.17) is 9.26 Å². The Kier molecular flexibility index (Phi) is 4.08. The van der Waals surface area contributed by atoms with Crippen molar-refractivity contribution < 1.29 is 22.5 Å². The highest BCUT2D eigenvalue weighted by molar-refractivity contribution is 7.93. The summed E-state index contributed by atoms with van der Waals surface area (Å²) in [7, 11) is -3.22. The second kappa shape index (κ2) is 6.04. The molecule has 1 fully saturated rings. The van der Waals surface area contributed by atoms with Crippen LogP contribution in [0, 0.1) is 6.92 Å². The summed E-state index contributed by atoms with van der Waals surface area (Å²) in [6, 6.07) is 8.01. The number of aromatic nitrogens is 1. The van der Waals surface area contributed by atoms with Crippen LogP contribution in [0.4, 0.5) is 5.69 Å². The van der Waals surface area contributed by atoms with Crippen LogP contribution < -0.4 is 4.31 Å². The van der Waals surface area contributed by atoms with Gasteiger partial charge in [0.15, 0.2) is 12.4 Å². The van der Waals surface area contributed by atoms with Gasteiger partial charge in [-0.05, 0) is 37.6 Å². The number of anilines is 1. The molecule has 1 aromatic heterocycles. The standard InChI is InChI=1S/C15H16N2O5S/c1-11-9-14(22-16-11)10-21-15(18)12-3-5-13(6-4-12)17-7-2-8-23(17,19)20/h3-6,9H,2,7-8,10H2,1H3. The molecule has 1 aliphatic rings. The maximum absolute atomic E-state index is 12.0. The number of benzene rings is 1. The summed E-state index contributed by atoms with van der Waals surface area (Å²) in [5.41, 5.74) is 1.62. The van der Waals surface area contributed by atoms with E-state index in [1.54, 1.807) is 37.3 Å². The van der Waals surface area contributed by atoms with E-state index in [0.29, 0.717) is 35.7 Å². The van der Waals surface area contributed by atoms with E-state index in [0.717, 1.165) is 0 Å². The summed E-state index contributed by atoms with van der Waals surface area (Å²) in [5, 5.41) is 3.71. The van der Waals surface area contributed by atoms with Crippen LogP contribution in [0.3, 0.4) is 0 Å². The van der Waals surface area contributed by atoms with Crippen LogP contribution >= 0.6 is 0 Å². The van der Waals surface area contributed by atoms with Gasteiger partial charge in [0.25, 0.3) is 0 Å². The minimum absolute atomic E-state index is 0.00191. The van der Waals surface area contributed by atoms with Crippen LogP contribution in [0.1, 0.15) is 28.2 Å². The average Bonchev–Trinajstić information content (AvgIpc) is 3.10. The number of hydrogen-bond acceptors (Lipinski definition) is 6. The smallest absolute Gasteiger partial charge is 0.338 e. The third-order valence-electron chi connectivity index (χ3n) is 3.51. The van der Waals surface area contributed by atoms with Crippen molar-refractivity contribution in [1.29, 1.82) is 0 Å². The van der Waals surface area contributed by atoms with E-state index >= 15 is 0 Å². The average molecular weight is 336 g/mol. The number of sulfonamides is 1. The Morgan fingerprint density at radius 3 is 2.65 bits per heavy atom. The number of esters is 1. The highest BCUT2D eigenvalue weighted by Gasteiger charge is 2.28. The summed E-state index contributed by atoms with van der Waals surface area (Å²) in [6.07, 6.45) is 0.614. The number of carbonyl (C=O) groups excluding carboxylic acids is 1. The Labute approximate surface area is 133 Å². The van der Waals surface area contributed by atoms with Crippen molar-refractivity contribution in [3.8, 4) is 0 Å². The molecule has 1 aromatic carbocycles. The molecule has 0 aliphatic carbocycles. The maximum Gasteiger partial charge on any atom is 0.338 e. The first kappa shape index (κ1) is 15.5. The van der Waals surface area contributed by atoms with E-state index in [2.05, 4.69) is 5.16 Å². The lowest BCUT2D eigenvalue weighted by Crippen LogP contribution is -2.25. The van der Waals surface area contributed by atoms with E-state index in [1.165, 1.54) is 4.31 Å². The van der Waals surface area contributed by atoms with Crippen molar-refractivity contribution in [2.45, 2.75) is 20.0 Å². The molecule has 0 radical (unpaired) electrons. The van der Waals surface area contributed by atoms with Crippen LogP contribution in [0.2, 0.25) is 0 Å². The lowest BCUT2D eigenvalue weighted by Gasteiger charge is -2.16. The first-order valence-corrected chi connectivity index (χ1v) is 8.76. The monoisotopic (exact) mass is 336 g/mol. The molecule has 7 nitrogen and oxygen atoms in total. The first-order valence-electron chi connectivity index (χ1n) is 7.15. The molecule has 0 spiro atoms. The highest BCUT2D eigenvalue weighted by atomic mass is 32.2. The van der Waals surface area contributed by atoms with Gasteiger partial charge in [0.1, 0.15) is 0 Å². The van der Waals surface area contributed by atoms with E-state index in [-0.39, 0.29) is 12.4 Å². The van der Waals surface area contributed by atoms with Gasteiger partial charge in [-0.1, -0.05) is 5.16 Å². The molecular formula is C15H16N2O5S. The van der Waals surface area contributed by atoms with Gasteiger partial charge in [-0.15, -0.1) is 0 Å². The van der Waals surface area contributed by atoms with Crippen molar-refractivity contribution in [2.24, 2.45) is 0 Å². The minimum atomic E-state index is -3.22. The zero-order valence-corrected chi connectivity index (χ0v) is 13.4. The molecule has 122 valence electrons. The molecule has 3 rings (SSSR count). The van der Waals surface area contributed by atoms with Gasteiger partial charge in [-0.2, -0.15) is 0 Å². The number of ether oxygens (including phenoxy) is 1. The molecule has 8 heteroatoms. The maximum atomic E-state index is 12.0. The molecule has 23 heavy (non-hydrogen) atoms. The van der Waals surface area contributed by atoms with Gasteiger partial charge in [0.2, 0.25) is 10.0 Å². The van der Waals surface area contributed by atoms with Gasteiger partial charge in [-0.25, -0.2) is 13.2 Å². The molecule has 0 N–H and O–H groups in total. The molecule has 0 atom stereocenters. The molecular weight excluding hydrogens is 320 g/mol. The van der Waals surface area contributed by atoms with Gasteiger partial charge < -0.3 is 9.26 Å². The summed E-state index contributed by atoms with van der Waals surface area (Å²) in [4.78, 5) is 12.0. The Hall–Kier alpha value is -2.35. The molecule has 2 aromatic rings. The molecule has 1 saturated heterocycles. The zero-order valence-electron chi connectivity index (χ0n) is 12.6. The molecule has 0 amide bonds. The first-order chi connectivity index (χ1) is 11.0. The van der Waals surface area contributed by atoms with Gasteiger partial charge in [0.05, 0.1) is 22.7 Å². The van der Waals surface area contributed by atoms with Crippen LogP contribution in [0.25, 0.3) is 0 Å². The Bertz CT molecular complexity index is 811. The Morgan fingerprint density at radius 1 is 1.35 bits per heavy atom. The van der Waals surface area contributed by atoms with E-state index in [1.807, 2.05) is 0 Å². The van der Waals surface area contributed by atoms with Crippen molar-refractivity contribution in [1.82, 2.24) is 5.16 Å². The Balaban J connectivity index is 1.66. The van der Waals surface area contributed by atoms with Crippen molar-refractivity contribution in [3.63, 3.8) is 0 Å². The fraction of sp³-hybridized carbons (Fsp3) is 0.333. The fourth-order valence-corrected chi connectivity index (χ4v) is 3.96. The van der Waals surface area contributed by atoms with Crippen LogP contribution in [0.5, 0.6) is 0 Å². The zero-order chi connectivity index (χ0) is 16.4. The second-order valence-corrected chi connectivity index (χ2v) is 7.31. The summed E-state index contributed by atoms with van der Waals surface area (Å²) in [6.45, 7) is 2.25. The largest absolute Gasteiger partial charge is 0.454 e. The van der Waals surface area contributed by atoms with Gasteiger partial charge in [0, 0.05) is 12.6 Å². The Morgan fingerprint density at radius 2 is 2.09 bits per heavy atom. The van der Waals surface area contributed by atoms with Crippen molar-refractivity contribution >= 4 is 21.7 Å². The lowest BCUT2D eigenvalue weighted by molar-refractivity contribution is 0.0437. The summed E-state index contributed by atoms with van der Waals surface area (Å²) < 4.78 is 35.2. The normalized spacial score (nSPS) is 16.5. The lowest BCUT2D eigenvalue weighted by atomic mass is 10.2. The number of carbonyl (C=O) groups is 1. The highest BCUT2D eigenvalue weighted by Crippen LogP contribution is 2.24. The van der Waals surface area contributed by atoms with E-state index < -0.39 is 16.0 Å². The molecule has 0 bridgehead atoms. The van der Waals surface area contributed by atoms with Crippen LogP contribution in [0.15, 0.2) is 34.9 Å². The summed E-state index contributed by atoms with van der Waals surface area (Å²) in [5.74, 6) is 0.124. The third kappa shape index (κ3) is 3.37. The van der Waals surface area contributed by atoms with Crippen molar-refractivity contribution in [2.75, 3.05) is 16.6 Å². The third-order valence-corrected chi connectivity index (χ3v) is 5.38. The number of aryl methyl sites for hydroxylation is 1. The molecule has 0 unspecified atom stereocenters. The van der Waals surface area contributed by atoms with Crippen LogP contribution in [-0.2, 0) is 21.4 Å². The fourth-order valence-electron chi connectivity index (χ4n) is 2.40. The minimum Gasteiger partial charge on any atom is -0.454 e. The number of nitrogens with zero attached hydrogens (tertiary/aromatic N) is 2. The van der Waals surface area contributed by atoms with Gasteiger partial charge >= 0.3 is 5.97 Å². The van der Waals surface area contributed by atoms with Crippen molar-refractivity contribution in [3.05, 3.63) is 47.3 Å². The van der Waals surface area contributed by atoms with E-state index in [9.17, 15) is 13.2 Å². The quantitative estimate of drug-likeness (QED) is 0.792.